The molecule has 21 heavy (non-hydrogen) atoms. The van der Waals surface area contributed by atoms with Crippen molar-refractivity contribution in [1.82, 2.24) is 4.90 Å². The van der Waals surface area contributed by atoms with Gasteiger partial charge in [-0.05, 0) is 45.1 Å². The Morgan fingerprint density at radius 1 is 1.33 bits per heavy atom. The number of nitrogens with zero attached hydrogens (tertiary/aromatic N) is 1. The van der Waals surface area contributed by atoms with E-state index in [1.165, 1.54) is 5.56 Å². The van der Waals surface area contributed by atoms with Gasteiger partial charge in [0.15, 0.2) is 0 Å². The van der Waals surface area contributed by atoms with Crippen LogP contribution in [0.15, 0.2) is 30.3 Å². The largest absolute Gasteiger partial charge is 0.444 e. The average Bonchev–Trinajstić information content (AvgIpc) is 2.40. The topological polar surface area (TPSA) is 55.6 Å². The normalized spacial score (nSPS) is 23.0. The van der Waals surface area contributed by atoms with E-state index in [4.69, 9.17) is 10.5 Å². The van der Waals surface area contributed by atoms with Crippen molar-refractivity contribution >= 4 is 6.09 Å². The SMILES string of the molecule is CC(C)(C)OC(=O)N1CC[C@H](Cc2ccccc2)[C@@H](N)C1. The summed E-state index contributed by atoms with van der Waals surface area (Å²) < 4.78 is 5.41. The summed E-state index contributed by atoms with van der Waals surface area (Å²) in [6.45, 7) is 6.94. The molecule has 0 radical (unpaired) electrons. The van der Waals surface area contributed by atoms with Crippen LogP contribution in [0.1, 0.15) is 32.8 Å². The van der Waals surface area contributed by atoms with Crippen LogP contribution in [0.5, 0.6) is 0 Å². The number of ether oxygens (including phenoxy) is 1. The maximum atomic E-state index is 12.1. The van der Waals surface area contributed by atoms with Gasteiger partial charge in [0.25, 0.3) is 0 Å². The first-order valence-electron chi connectivity index (χ1n) is 7.62. The fourth-order valence-corrected chi connectivity index (χ4v) is 2.69. The summed E-state index contributed by atoms with van der Waals surface area (Å²) in [5.41, 5.74) is 7.12. The molecule has 0 unspecified atom stereocenters. The molecular formula is C17H26N2O2. The van der Waals surface area contributed by atoms with E-state index in [-0.39, 0.29) is 12.1 Å². The smallest absolute Gasteiger partial charge is 0.410 e. The zero-order valence-electron chi connectivity index (χ0n) is 13.2. The summed E-state index contributed by atoms with van der Waals surface area (Å²) in [4.78, 5) is 13.8. The monoisotopic (exact) mass is 290 g/mol. The van der Waals surface area contributed by atoms with Crippen molar-refractivity contribution in [2.24, 2.45) is 11.7 Å². The zero-order chi connectivity index (χ0) is 15.5. The standard InChI is InChI=1S/C17H26N2O2/c1-17(2,3)21-16(20)19-10-9-14(15(18)12-19)11-13-7-5-4-6-8-13/h4-8,14-15H,9-12,18H2,1-3H3/t14-,15+/m1/s1. The molecule has 1 saturated heterocycles. The van der Waals surface area contributed by atoms with Gasteiger partial charge in [-0.15, -0.1) is 0 Å². The molecule has 0 saturated carbocycles. The van der Waals surface area contributed by atoms with E-state index in [0.717, 1.165) is 19.4 Å². The van der Waals surface area contributed by atoms with Crippen LogP contribution in [-0.4, -0.2) is 35.7 Å². The maximum absolute atomic E-state index is 12.1. The van der Waals surface area contributed by atoms with Gasteiger partial charge < -0.3 is 15.4 Å². The van der Waals surface area contributed by atoms with Crippen LogP contribution in [0.25, 0.3) is 0 Å². The molecule has 1 amide bonds. The van der Waals surface area contributed by atoms with Crippen molar-refractivity contribution in [1.29, 1.82) is 0 Å². The Balaban J connectivity index is 1.89. The molecular weight excluding hydrogens is 264 g/mol. The van der Waals surface area contributed by atoms with Crippen LogP contribution >= 0.6 is 0 Å². The number of rotatable bonds is 2. The highest BCUT2D eigenvalue weighted by atomic mass is 16.6. The Kier molecular flexibility index (Phi) is 4.88. The van der Waals surface area contributed by atoms with E-state index in [0.29, 0.717) is 12.5 Å². The van der Waals surface area contributed by atoms with Gasteiger partial charge in [-0.2, -0.15) is 0 Å². The minimum Gasteiger partial charge on any atom is -0.444 e. The Morgan fingerprint density at radius 2 is 2.00 bits per heavy atom. The minimum atomic E-state index is -0.456. The molecule has 0 bridgehead atoms. The lowest BCUT2D eigenvalue weighted by Gasteiger charge is -2.37. The number of carbonyl (C=O) groups excluding carboxylic acids is 1. The van der Waals surface area contributed by atoms with Crippen LogP contribution in [-0.2, 0) is 11.2 Å². The molecule has 4 nitrogen and oxygen atoms in total. The first kappa shape index (κ1) is 15.8. The van der Waals surface area contributed by atoms with Crippen molar-refractivity contribution in [3.05, 3.63) is 35.9 Å². The first-order chi connectivity index (χ1) is 9.85. The van der Waals surface area contributed by atoms with Crippen molar-refractivity contribution in [2.75, 3.05) is 13.1 Å². The number of hydrogen-bond donors (Lipinski definition) is 1. The number of benzene rings is 1. The Morgan fingerprint density at radius 3 is 2.57 bits per heavy atom. The molecule has 0 aliphatic carbocycles. The van der Waals surface area contributed by atoms with Gasteiger partial charge in [0.05, 0.1) is 0 Å². The third kappa shape index (κ3) is 4.74. The number of carbonyl (C=O) groups is 1. The van der Waals surface area contributed by atoms with E-state index < -0.39 is 5.60 Å². The van der Waals surface area contributed by atoms with Crippen molar-refractivity contribution < 1.29 is 9.53 Å². The molecule has 0 aromatic heterocycles. The third-order valence-corrected chi connectivity index (χ3v) is 3.80. The molecule has 2 atom stereocenters. The molecule has 1 aromatic carbocycles. The Labute approximate surface area is 127 Å². The fourth-order valence-electron chi connectivity index (χ4n) is 2.69. The van der Waals surface area contributed by atoms with Crippen LogP contribution in [0.2, 0.25) is 0 Å². The number of hydrogen-bond acceptors (Lipinski definition) is 3. The summed E-state index contributed by atoms with van der Waals surface area (Å²) in [5, 5.41) is 0. The second-order valence-electron chi connectivity index (χ2n) is 6.83. The second kappa shape index (κ2) is 6.48. The van der Waals surface area contributed by atoms with E-state index >= 15 is 0 Å². The number of amides is 1. The van der Waals surface area contributed by atoms with Gasteiger partial charge in [-0.25, -0.2) is 4.79 Å². The van der Waals surface area contributed by atoms with Gasteiger partial charge in [0, 0.05) is 19.1 Å². The Bertz CT molecular complexity index is 467. The van der Waals surface area contributed by atoms with Crippen LogP contribution in [0, 0.1) is 5.92 Å². The molecule has 4 heteroatoms. The summed E-state index contributed by atoms with van der Waals surface area (Å²) in [7, 11) is 0. The molecule has 1 aliphatic heterocycles. The number of likely N-dealkylation sites (tertiary alicyclic amines) is 1. The van der Waals surface area contributed by atoms with Crippen molar-refractivity contribution in [3.8, 4) is 0 Å². The van der Waals surface area contributed by atoms with Crippen LogP contribution in [0.3, 0.4) is 0 Å². The minimum absolute atomic E-state index is 0.00599. The van der Waals surface area contributed by atoms with Crippen molar-refractivity contribution in [3.63, 3.8) is 0 Å². The molecule has 0 spiro atoms. The summed E-state index contributed by atoms with van der Waals surface area (Å²) >= 11 is 0. The maximum Gasteiger partial charge on any atom is 0.410 e. The van der Waals surface area contributed by atoms with Gasteiger partial charge in [0.1, 0.15) is 5.60 Å². The van der Waals surface area contributed by atoms with E-state index in [9.17, 15) is 4.79 Å². The third-order valence-electron chi connectivity index (χ3n) is 3.80. The van der Waals surface area contributed by atoms with E-state index in [1.54, 1.807) is 4.90 Å². The molecule has 2 rings (SSSR count). The number of nitrogens with two attached hydrogens (primary N) is 1. The highest BCUT2D eigenvalue weighted by Gasteiger charge is 2.31. The Hall–Kier alpha value is -1.55. The summed E-state index contributed by atoms with van der Waals surface area (Å²) in [6.07, 6.45) is 1.65. The molecule has 1 aliphatic rings. The average molecular weight is 290 g/mol. The first-order valence-corrected chi connectivity index (χ1v) is 7.62. The van der Waals surface area contributed by atoms with Gasteiger partial charge in [0.2, 0.25) is 0 Å². The molecule has 2 N–H and O–H groups in total. The highest BCUT2D eigenvalue weighted by Crippen LogP contribution is 2.22. The quantitative estimate of drug-likeness (QED) is 0.911. The molecule has 116 valence electrons. The van der Waals surface area contributed by atoms with Crippen LogP contribution < -0.4 is 5.73 Å². The lowest BCUT2D eigenvalue weighted by molar-refractivity contribution is 0.0160. The van der Waals surface area contributed by atoms with Gasteiger partial charge >= 0.3 is 6.09 Å². The molecule has 1 aromatic rings. The van der Waals surface area contributed by atoms with Gasteiger partial charge in [-0.3, -0.25) is 0 Å². The van der Waals surface area contributed by atoms with Gasteiger partial charge in [-0.1, -0.05) is 30.3 Å². The summed E-state index contributed by atoms with van der Waals surface area (Å²) in [5.74, 6) is 0.422. The lowest BCUT2D eigenvalue weighted by atomic mass is 9.87. The van der Waals surface area contributed by atoms with Crippen molar-refractivity contribution in [2.45, 2.75) is 45.3 Å². The van der Waals surface area contributed by atoms with Crippen LogP contribution in [0.4, 0.5) is 4.79 Å². The highest BCUT2D eigenvalue weighted by molar-refractivity contribution is 5.68. The lowest BCUT2D eigenvalue weighted by Crippen LogP contribution is -2.52. The second-order valence-corrected chi connectivity index (χ2v) is 6.83. The predicted molar refractivity (Wildman–Crippen MR) is 84.0 cm³/mol. The number of piperidine rings is 1. The molecule has 1 fully saturated rings. The van der Waals surface area contributed by atoms with E-state index in [1.807, 2.05) is 26.8 Å². The van der Waals surface area contributed by atoms with E-state index in [2.05, 4.69) is 24.3 Å². The summed E-state index contributed by atoms with van der Waals surface area (Å²) in [6, 6.07) is 10.4. The molecule has 1 heterocycles. The predicted octanol–water partition coefficient (Wildman–Crippen LogP) is 2.81. The fraction of sp³-hybridized carbons (Fsp3) is 0.588. The zero-order valence-corrected chi connectivity index (χ0v) is 13.2.